The van der Waals surface area contributed by atoms with Crippen LogP contribution in [0.5, 0.6) is 0 Å². The minimum Gasteiger partial charge on any atom is -0.462 e. The predicted molar refractivity (Wildman–Crippen MR) is 126 cm³/mol. The Hall–Kier alpha value is -4.21. The summed E-state index contributed by atoms with van der Waals surface area (Å²) in [6.07, 6.45) is 1.70. The summed E-state index contributed by atoms with van der Waals surface area (Å²) in [5, 5.41) is 7.62. The number of unbranched alkanes of at least 4 members (excludes halogenated alkanes) is 1. The minimum absolute atomic E-state index is 0.0359. The van der Waals surface area contributed by atoms with Gasteiger partial charge in [0.05, 0.1) is 17.7 Å². The molecular formula is C24H27N3O7. The molecule has 0 atom stereocenters. The lowest BCUT2D eigenvalue weighted by Gasteiger charge is -2.11. The molecule has 3 N–H and O–H groups in total. The van der Waals surface area contributed by atoms with Crippen LogP contribution in [-0.2, 0) is 23.9 Å². The summed E-state index contributed by atoms with van der Waals surface area (Å²) in [5.41, 5.74) is 1.36. The fourth-order valence-corrected chi connectivity index (χ4v) is 2.79. The number of amides is 3. The van der Waals surface area contributed by atoms with Gasteiger partial charge in [-0.1, -0.05) is 13.3 Å². The normalized spacial score (nSPS) is 10.1. The van der Waals surface area contributed by atoms with Crippen LogP contribution < -0.4 is 16.0 Å². The predicted octanol–water partition coefficient (Wildman–Crippen LogP) is 3.36. The quantitative estimate of drug-likeness (QED) is 0.358. The van der Waals surface area contributed by atoms with E-state index in [0.29, 0.717) is 17.9 Å². The number of hydrogen-bond donors (Lipinski definition) is 3. The number of ether oxygens (including phenoxy) is 2. The van der Waals surface area contributed by atoms with Crippen molar-refractivity contribution in [2.75, 3.05) is 29.2 Å². The third kappa shape index (κ3) is 8.73. The number of hydrogen-bond acceptors (Lipinski definition) is 7. The first-order valence-corrected chi connectivity index (χ1v) is 10.6. The van der Waals surface area contributed by atoms with Gasteiger partial charge >= 0.3 is 11.9 Å². The molecule has 2 aromatic carbocycles. The first-order valence-electron chi connectivity index (χ1n) is 10.6. The van der Waals surface area contributed by atoms with Gasteiger partial charge in [-0.3, -0.25) is 14.4 Å². The van der Waals surface area contributed by atoms with E-state index in [4.69, 9.17) is 9.47 Å². The Labute approximate surface area is 197 Å². The zero-order chi connectivity index (χ0) is 25.1. The molecular weight excluding hydrogens is 442 g/mol. The van der Waals surface area contributed by atoms with E-state index in [2.05, 4.69) is 16.0 Å². The van der Waals surface area contributed by atoms with Crippen LogP contribution in [-0.4, -0.2) is 42.9 Å². The number of anilines is 3. The minimum atomic E-state index is -0.820. The van der Waals surface area contributed by atoms with Crippen molar-refractivity contribution in [2.45, 2.75) is 33.6 Å². The molecule has 0 unspecified atom stereocenters. The topological polar surface area (TPSA) is 140 Å². The van der Waals surface area contributed by atoms with Crippen LogP contribution in [0, 0.1) is 0 Å². The molecule has 0 fully saturated rings. The molecule has 0 heterocycles. The summed E-state index contributed by atoms with van der Waals surface area (Å²) in [7, 11) is 0. The highest BCUT2D eigenvalue weighted by Gasteiger charge is 2.14. The lowest BCUT2D eigenvalue weighted by Crippen LogP contribution is -2.21. The average molecular weight is 469 g/mol. The van der Waals surface area contributed by atoms with Crippen molar-refractivity contribution in [3.63, 3.8) is 0 Å². The molecule has 0 saturated heterocycles. The van der Waals surface area contributed by atoms with Crippen LogP contribution in [0.4, 0.5) is 17.1 Å². The van der Waals surface area contributed by atoms with E-state index in [1.807, 2.05) is 6.92 Å². The highest BCUT2D eigenvalue weighted by Crippen LogP contribution is 2.20. The summed E-state index contributed by atoms with van der Waals surface area (Å²) in [6, 6.07) is 10.3. The van der Waals surface area contributed by atoms with Crippen molar-refractivity contribution in [1.82, 2.24) is 0 Å². The molecule has 3 amide bonds. The van der Waals surface area contributed by atoms with Crippen LogP contribution in [0.15, 0.2) is 42.5 Å². The van der Waals surface area contributed by atoms with Crippen molar-refractivity contribution in [3.05, 3.63) is 53.6 Å². The summed E-state index contributed by atoms with van der Waals surface area (Å²) < 4.78 is 10.2. The van der Waals surface area contributed by atoms with Crippen molar-refractivity contribution in [2.24, 2.45) is 0 Å². The van der Waals surface area contributed by atoms with E-state index >= 15 is 0 Å². The van der Waals surface area contributed by atoms with Crippen molar-refractivity contribution < 1.29 is 33.4 Å². The second-order valence-electron chi connectivity index (χ2n) is 7.35. The van der Waals surface area contributed by atoms with E-state index in [1.165, 1.54) is 56.3 Å². The highest BCUT2D eigenvalue weighted by molar-refractivity contribution is 5.99. The number of carbonyl (C=O) groups excluding carboxylic acids is 5. The van der Waals surface area contributed by atoms with Gasteiger partial charge in [0.1, 0.15) is 0 Å². The van der Waals surface area contributed by atoms with E-state index in [0.717, 1.165) is 12.8 Å². The second kappa shape index (κ2) is 12.7. The summed E-state index contributed by atoms with van der Waals surface area (Å²) in [6.45, 7) is 4.37. The Morgan fingerprint density at radius 3 is 1.79 bits per heavy atom. The number of carbonyl (C=O) groups is 5. The van der Waals surface area contributed by atoms with Crippen molar-refractivity contribution in [1.29, 1.82) is 0 Å². The van der Waals surface area contributed by atoms with Gasteiger partial charge in [0.15, 0.2) is 6.61 Å². The standard InChI is InChI=1S/C24H27N3O7/c1-4-5-10-33-23(31)17-6-8-19(9-7-17)27-22(30)14-34-24(32)18-11-20(25-15(2)28)13-21(12-18)26-16(3)29/h6-9,11-13H,4-5,10,14H2,1-3H3,(H,25,28)(H,26,29)(H,27,30). The van der Waals surface area contributed by atoms with Gasteiger partial charge in [-0.05, 0) is 48.9 Å². The van der Waals surface area contributed by atoms with Gasteiger partial charge in [-0.2, -0.15) is 0 Å². The van der Waals surface area contributed by atoms with E-state index in [9.17, 15) is 24.0 Å². The largest absolute Gasteiger partial charge is 0.462 e. The molecule has 0 bridgehead atoms. The smallest absolute Gasteiger partial charge is 0.338 e. The first-order chi connectivity index (χ1) is 16.2. The lowest BCUT2D eigenvalue weighted by molar-refractivity contribution is -0.119. The van der Waals surface area contributed by atoms with E-state index < -0.39 is 24.5 Å². The summed E-state index contributed by atoms with van der Waals surface area (Å²) in [5.74, 6) is -2.58. The molecule has 0 aliphatic carbocycles. The van der Waals surface area contributed by atoms with Crippen LogP contribution >= 0.6 is 0 Å². The third-order valence-electron chi connectivity index (χ3n) is 4.28. The molecule has 34 heavy (non-hydrogen) atoms. The third-order valence-corrected chi connectivity index (χ3v) is 4.28. The Balaban J connectivity index is 1.95. The van der Waals surface area contributed by atoms with E-state index in [-0.39, 0.29) is 28.8 Å². The second-order valence-corrected chi connectivity index (χ2v) is 7.35. The fourth-order valence-electron chi connectivity index (χ4n) is 2.79. The van der Waals surface area contributed by atoms with Gasteiger partial charge in [-0.15, -0.1) is 0 Å². The Bertz CT molecular complexity index is 1030. The lowest BCUT2D eigenvalue weighted by atomic mass is 10.1. The van der Waals surface area contributed by atoms with Crippen molar-refractivity contribution >= 4 is 46.7 Å². The molecule has 0 aliphatic heterocycles. The zero-order valence-electron chi connectivity index (χ0n) is 19.2. The number of benzene rings is 2. The van der Waals surface area contributed by atoms with Gasteiger partial charge in [0.25, 0.3) is 5.91 Å². The Morgan fingerprint density at radius 1 is 0.706 bits per heavy atom. The van der Waals surface area contributed by atoms with Crippen LogP contribution in [0.2, 0.25) is 0 Å². The van der Waals surface area contributed by atoms with Gasteiger partial charge in [0, 0.05) is 30.9 Å². The fraction of sp³-hybridized carbons (Fsp3) is 0.292. The molecule has 180 valence electrons. The van der Waals surface area contributed by atoms with E-state index in [1.54, 1.807) is 0 Å². The number of nitrogens with one attached hydrogen (secondary N) is 3. The van der Waals surface area contributed by atoms with Gasteiger partial charge in [0.2, 0.25) is 11.8 Å². The zero-order valence-corrected chi connectivity index (χ0v) is 19.2. The van der Waals surface area contributed by atoms with Crippen LogP contribution in [0.1, 0.15) is 54.3 Å². The van der Waals surface area contributed by atoms with Crippen molar-refractivity contribution in [3.8, 4) is 0 Å². The Morgan fingerprint density at radius 2 is 1.26 bits per heavy atom. The molecule has 0 aromatic heterocycles. The average Bonchev–Trinajstić information content (AvgIpc) is 2.77. The highest BCUT2D eigenvalue weighted by atomic mass is 16.5. The number of esters is 2. The van der Waals surface area contributed by atoms with Crippen LogP contribution in [0.25, 0.3) is 0 Å². The molecule has 2 rings (SSSR count). The molecule has 2 aromatic rings. The molecule has 0 aliphatic rings. The maximum Gasteiger partial charge on any atom is 0.338 e. The van der Waals surface area contributed by atoms with Gasteiger partial charge in [-0.25, -0.2) is 9.59 Å². The van der Waals surface area contributed by atoms with Gasteiger partial charge < -0.3 is 25.4 Å². The maximum atomic E-state index is 12.4. The molecule has 0 saturated carbocycles. The monoisotopic (exact) mass is 469 g/mol. The SMILES string of the molecule is CCCCOC(=O)c1ccc(NC(=O)COC(=O)c2cc(NC(C)=O)cc(NC(C)=O)c2)cc1. The molecule has 10 nitrogen and oxygen atoms in total. The molecule has 10 heteroatoms. The summed E-state index contributed by atoms with van der Waals surface area (Å²) in [4.78, 5) is 59.2. The maximum absolute atomic E-state index is 12.4. The van der Waals surface area contributed by atoms with Crippen LogP contribution in [0.3, 0.4) is 0 Å². The molecule has 0 radical (unpaired) electrons. The number of rotatable bonds is 10. The first kappa shape index (κ1) is 26.0. The molecule has 0 spiro atoms. The Kier molecular flexibility index (Phi) is 9.75. The summed E-state index contributed by atoms with van der Waals surface area (Å²) >= 11 is 0.